The van der Waals surface area contributed by atoms with Crippen LogP contribution < -0.4 is 0 Å². The van der Waals surface area contributed by atoms with Gasteiger partial charge < -0.3 is 19.7 Å². The second-order valence-electron chi connectivity index (χ2n) is 11.7. The van der Waals surface area contributed by atoms with Gasteiger partial charge in [0.1, 0.15) is 12.7 Å². The summed E-state index contributed by atoms with van der Waals surface area (Å²) in [5.41, 5.74) is 4.36. The Labute approximate surface area is 212 Å². The van der Waals surface area contributed by atoms with Crippen molar-refractivity contribution in [2.75, 3.05) is 6.61 Å². The number of ether oxygens (including phenoxy) is 2. The Morgan fingerprint density at radius 2 is 1.89 bits per heavy atom. The minimum atomic E-state index is -0.666. The van der Waals surface area contributed by atoms with Crippen LogP contribution in [0.4, 0.5) is 0 Å². The van der Waals surface area contributed by atoms with E-state index in [4.69, 9.17) is 9.47 Å². The summed E-state index contributed by atoms with van der Waals surface area (Å²) in [4.78, 5) is 12.5. The molecule has 0 aromatic heterocycles. The zero-order valence-corrected chi connectivity index (χ0v) is 22.5. The molecule has 2 fully saturated rings. The number of allylic oxidation sites excluding steroid dienone is 4. The van der Waals surface area contributed by atoms with Gasteiger partial charge in [-0.05, 0) is 78.9 Å². The largest absolute Gasteiger partial charge is 0.460 e. The van der Waals surface area contributed by atoms with Crippen LogP contribution in [0, 0.1) is 23.2 Å². The summed E-state index contributed by atoms with van der Waals surface area (Å²) < 4.78 is 11.8. The van der Waals surface area contributed by atoms with E-state index in [2.05, 4.69) is 59.4 Å². The van der Waals surface area contributed by atoms with Crippen molar-refractivity contribution in [3.8, 4) is 0 Å². The lowest BCUT2D eigenvalue weighted by Crippen LogP contribution is -2.36. The lowest BCUT2D eigenvalue weighted by molar-refractivity contribution is -0.160. The van der Waals surface area contributed by atoms with Gasteiger partial charge in [0.25, 0.3) is 0 Å². The van der Waals surface area contributed by atoms with E-state index >= 15 is 0 Å². The van der Waals surface area contributed by atoms with E-state index in [1.807, 2.05) is 6.92 Å². The van der Waals surface area contributed by atoms with Gasteiger partial charge >= 0.3 is 5.97 Å². The number of esters is 1. The highest BCUT2D eigenvalue weighted by Gasteiger charge is 2.46. The summed E-state index contributed by atoms with van der Waals surface area (Å²) in [6, 6.07) is 0. The Morgan fingerprint density at radius 1 is 1.20 bits per heavy atom. The van der Waals surface area contributed by atoms with E-state index in [0.717, 1.165) is 36.8 Å². The fraction of sp³-hybridized carbons (Fsp3) is 0.700. The minimum absolute atomic E-state index is 0.00686. The topological polar surface area (TPSA) is 76.0 Å². The van der Waals surface area contributed by atoms with Crippen molar-refractivity contribution < 1.29 is 24.5 Å². The molecule has 0 spiro atoms. The second-order valence-corrected chi connectivity index (χ2v) is 11.7. The molecular weight excluding hydrogens is 440 g/mol. The molecule has 5 heteroatoms. The van der Waals surface area contributed by atoms with Crippen LogP contribution in [0.2, 0.25) is 0 Å². The van der Waals surface area contributed by atoms with Gasteiger partial charge in [-0.15, -0.1) is 0 Å². The molecule has 196 valence electrons. The van der Waals surface area contributed by atoms with Gasteiger partial charge in [-0.2, -0.15) is 0 Å². The quantitative estimate of drug-likeness (QED) is 0.341. The van der Waals surface area contributed by atoms with Crippen LogP contribution in [-0.4, -0.2) is 47.2 Å². The molecule has 0 amide bonds. The summed E-state index contributed by atoms with van der Waals surface area (Å²) in [6.07, 6.45) is 10.3. The van der Waals surface area contributed by atoms with Crippen LogP contribution in [-0.2, 0) is 14.3 Å². The number of rotatable bonds is 8. The zero-order valence-electron chi connectivity index (χ0n) is 22.5. The Morgan fingerprint density at radius 3 is 2.54 bits per heavy atom. The van der Waals surface area contributed by atoms with E-state index in [-0.39, 0.29) is 42.0 Å². The number of hydrogen-bond acceptors (Lipinski definition) is 5. The summed E-state index contributed by atoms with van der Waals surface area (Å²) in [5, 5.41) is 20.2. The molecule has 2 N–H and O–H groups in total. The first-order valence-electron chi connectivity index (χ1n) is 13.4. The van der Waals surface area contributed by atoms with Gasteiger partial charge in [0.05, 0.1) is 18.3 Å². The summed E-state index contributed by atoms with van der Waals surface area (Å²) in [5.74, 6) is 0.651. The SMILES string of the molecule is C=C1/C(=C\C=C2/CCC[C@]3(C)C([C@H](C)OCC(=O)OC(C(C)C)C(C)C)=CC[C@@H]23)C[C@@H](O)C[C@@H]1O. The third-order valence-electron chi connectivity index (χ3n) is 8.35. The second kappa shape index (κ2) is 11.6. The fourth-order valence-corrected chi connectivity index (χ4v) is 6.46. The standard InChI is InChI=1S/C30H46O5/c1-18(2)29(19(3)4)35-28(33)17-34-21(6)25-12-13-26-22(9-8-14-30(25,26)7)10-11-23-15-24(31)16-27(32)20(23)5/h10-12,18-19,21,24,26-27,29,31-32H,5,8-9,13-17H2,1-4,6-7H3/b22-10+,23-11-/t21-,24+,26-,27-,30+/m0/s1. The zero-order chi connectivity index (χ0) is 25.9. The van der Waals surface area contributed by atoms with Crippen LogP contribution in [0.15, 0.2) is 47.1 Å². The smallest absolute Gasteiger partial charge is 0.332 e. The van der Waals surface area contributed by atoms with Crippen molar-refractivity contribution in [3.63, 3.8) is 0 Å². The van der Waals surface area contributed by atoms with Gasteiger partial charge in [-0.3, -0.25) is 0 Å². The normalized spacial score (nSPS) is 32.5. The fourth-order valence-electron chi connectivity index (χ4n) is 6.46. The molecule has 0 heterocycles. The van der Waals surface area contributed by atoms with Crippen molar-refractivity contribution in [3.05, 3.63) is 47.1 Å². The summed E-state index contributed by atoms with van der Waals surface area (Å²) in [7, 11) is 0. The summed E-state index contributed by atoms with van der Waals surface area (Å²) >= 11 is 0. The third-order valence-corrected chi connectivity index (χ3v) is 8.35. The highest BCUT2D eigenvalue weighted by atomic mass is 16.6. The van der Waals surface area contributed by atoms with Crippen LogP contribution >= 0.6 is 0 Å². The summed E-state index contributed by atoms with van der Waals surface area (Å²) in [6.45, 7) is 16.7. The molecule has 0 unspecified atom stereocenters. The minimum Gasteiger partial charge on any atom is -0.460 e. The van der Waals surface area contributed by atoms with Crippen molar-refractivity contribution >= 4 is 5.97 Å². The van der Waals surface area contributed by atoms with E-state index in [1.54, 1.807) is 0 Å². The molecule has 3 aliphatic rings. The lowest BCUT2D eigenvalue weighted by atomic mass is 9.63. The predicted octanol–water partition coefficient (Wildman–Crippen LogP) is 5.68. The van der Waals surface area contributed by atoms with Crippen LogP contribution in [0.3, 0.4) is 0 Å². The molecule has 0 bridgehead atoms. The van der Waals surface area contributed by atoms with Crippen LogP contribution in [0.25, 0.3) is 0 Å². The first-order valence-corrected chi connectivity index (χ1v) is 13.4. The average Bonchev–Trinajstić information content (AvgIpc) is 3.14. The van der Waals surface area contributed by atoms with Gasteiger partial charge in [0.2, 0.25) is 0 Å². The lowest BCUT2D eigenvalue weighted by Gasteiger charge is -2.42. The number of aliphatic hydroxyl groups is 2. The Hall–Kier alpha value is -1.69. The molecule has 5 nitrogen and oxygen atoms in total. The average molecular weight is 487 g/mol. The molecule has 0 saturated heterocycles. The predicted molar refractivity (Wildman–Crippen MR) is 140 cm³/mol. The number of carbonyl (C=O) groups excluding carboxylic acids is 1. The van der Waals surface area contributed by atoms with E-state index in [1.165, 1.54) is 11.1 Å². The van der Waals surface area contributed by atoms with Gasteiger partial charge in [0, 0.05) is 6.42 Å². The molecule has 3 rings (SSSR count). The maximum absolute atomic E-state index is 12.5. The van der Waals surface area contributed by atoms with Gasteiger partial charge in [0.15, 0.2) is 0 Å². The third kappa shape index (κ3) is 6.36. The van der Waals surface area contributed by atoms with Crippen molar-refractivity contribution in [2.24, 2.45) is 23.2 Å². The van der Waals surface area contributed by atoms with Gasteiger partial charge in [-0.1, -0.05) is 65.0 Å². The number of fused-ring (bicyclic) bond motifs is 1. The first kappa shape index (κ1) is 27.9. The Balaban J connectivity index is 1.65. The maximum atomic E-state index is 12.5. The van der Waals surface area contributed by atoms with Crippen LogP contribution in [0.1, 0.15) is 80.1 Å². The molecule has 0 aromatic rings. The molecule has 0 radical (unpaired) electrons. The van der Waals surface area contributed by atoms with E-state index in [9.17, 15) is 15.0 Å². The van der Waals surface area contributed by atoms with Crippen molar-refractivity contribution in [2.45, 2.75) is 104 Å². The molecular formula is C30H46O5. The van der Waals surface area contributed by atoms with Crippen LogP contribution in [0.5, 0.6) is 0 Å². The van der Waals surface area contributed by atoms with E-state index < -0.39 is 12.2 Å². The highest BCUT2D eigenvalue weighted by Crippen LogP contribution is 2.55. The molecule has 2 saturated carbocycles. The Kier molecular flexibility index (Phi) is 9.22. The molecule has 35 heavy (non-hydrogen) atoms. The van der Waals surface area contributed by atoms with Crippen molar-refractivity contribution in [1.82, 2.24) is 0 Å². The van der Waals surface area contributed by atoms with Crippen molar-refractivity contribution in [1.29, 1.82) is 0 Å². The molecule has 0 aliphatic heterocycles. The first-order chi connectivity index (χ1) is 16.4. The molecule has 3 aliphatic carbocycles. The monoisotopic (exact) mass is 486 g/mol. The Bertz CT molecular complexity index is 871. The van der Waals surface area contributed by atoms with Gasteiger partial charge in [-0.25, -0.2) is 4.79 Å². The number of aliphatic hydroxyl groups excluding tert-OH is 2. The number of hydrogen-bond donors (Lipinski definition) is 2. The maximum Gasteiger partial charge on any atom is 0.332 e. The molecule has 5 atom stereocenters. The number of carbonyl (C=O) groups is 1. The molecule has 0 aromatic carbocycles. The highest BCUT2D eigenvalue weighted by molar-refractivity contribution is 5.71. The van der Waals surface area contributed by atoms with E-state index in [0.29, 0.717) is 18.8 Å².